The van der Waals surface area contributed by atoms with E-state index >= 15 is 0 Å². The maximum absolute atomic E-state index is 14.8. The molecule has 0 saturated carbocycles. The number of amides is 1. The van der Waals surface area contributed by atoms with Crippen molar-refractivity contribution in [3.8, 4) is 28.4 Å². The number of tetrazole rings is 1. The van der Waals surface area contributed by atoms with Gasteiger partial charge in [0.25, 0.3) is 0 Å². The van der Waals surface area contributed by atoms with E-state index in [1.54, 1.807) is 25.2 Å². The lowest BCUT2D eigenvalue weighted by Gasteiger charge is -2.31. The zero-order valence-electron chi connectivity index (χ0n) is 15.3. The van der Waals surface area contributed by atoms with Crippen LogP contribution >= 0.6 is 0 Å². The predicted molar refractivity (Wildman–Crippen MR) is 96.7 cm³/mol. The first-order valence-electron chi connectivity index (χ1n) is 8.90. The Hall–Kier alpha value is -3.60. The number of halogens is 1. The molecular weight excluding hydrogens is 381 g/mol. The van der Waals surface area contributed by atoms with Crippen LogP contribution in [0.3, 0.4) is 0 Å². The van der Waals surface area contributed by atoms with Gasteiger partial charge >= 0.3 is 6.09 Å². The van der Waals surface area contributed by atoms with Crippen molar-refractivity contribution in [3.63, 3.8) is 0 Å². The monoisotopic (exact) mass is 397 g/mol. The number of nitrogens with two attached hydrogens (primary N) is 1. The quantitative estimate of drug-likeness (QED) is 0.697. The minimum Gasteiger partial charge on any atom is -0.466 e. The van der Waals surface area contributed by atoms with Crippen molar-refractivity contribution in [2.45, 2.75) is 18.9 Å². The predicted octanol–water partition coefficient (Wildman–Crippen LogP) is 1.08. The van der Waals surface area contributed by atoms with Gasteiger partial charge in [0.1, 0.15) is 17.3 Å². The number of carbonyl (C=O) groups excluding carboxylic acids is 1. The van der Waals surface area contributed by atoms with E-state index in [2.05, 4.69) is 20.4 Å². The van der Waals surface area contributed by atoms with Crippen LogP contribution in [-0.4, -0.2) is 55.1 Å². The minimum absolute atomic E-state index is 0.126. The maximum atomic E-state index is 14.8. The van der Waals surface area contributed by atoms with Crippen LogP contribution in [0, 0.1) is 5.82 Å². The average molecular weight is 397 g/mol. The summed E-state index contributed by atoms with van der Waals surface area (Å²) in [5.74, 6) is 0.294. The van der Waals surface area contributed by atoms with Crippen LogP contribution in [0.5, 0.6) is 5.75 Å². The summed E-state index contributed by atoms with van der Waals surface area (Å²) in [5.41, 5.74) is 7.75. The summed E-state index contributed by atoms with van der Waals surface area (Å²) in [5, 5.41) is 11.8. The summed E-state index contributed by atoms with van der Waals surface area (Å²) in [7, 11) is 1.66. The highest BCUT2D eigenvalue weighted by atomic mass is 19.1. The lowest BCUT2D eigenvalue weighted by molar-refractivity contribution is 0.0218. The molecule has 0 aliphatic carbocycles. The Balaban J connectivity index is 1.47. The Morgan fingerprint density at radius 3 is 2.86 bits per heavy atom. The highest BCUT2D eigenvalue weighted by molar-refractivity contribution is 5.72. The van der Waals surface area contributed by atoms with Crippen molar-refractivity contribution in [1.29, 1.82) is 0 Å². The number of nitrogens with zero attached hydrogens (tertiary/aromatic N) is 6. The zero-order chi connectivity index (χ0) is 20.1. The van der Waals surface area contributed by atoms with Crippen LogP contribution in [0.2, 0.25) is 0 Å². The Morgan fingerprint density at radius 2 is 2.17 bits per heavy atom. The summed E-state index contributed by atoms with van der Waals surface area (Å²) < 4.78 is 25.8. The molecule has 0 radical (unpaired) electrons. The number of fused-ring (bicyclic) bond motifs is 2. The van der Waals surface area contributed by atoms with E-state index in [9.17, 15) is 9.18 Å². The van der Waals surface area contributed by atoms with E-state index in [-0.39, 0.29) is 13.1 Å². The van der Waals surface area contributed by atoms with Crippen molar-refractivity contribution < 1.29 is 18.7 Å². The fraction of sp³-hybridized carbons (Fsp3) is 0.278. The molecule has 1 saturated heterocycles. The van der Waals surface area contributed by atoms with Crippen molar-refractivity contribution >= 4 is 6.09 Å². The van der Waals surface area contributed by atoms with E-state index < -0.39 is 24.2 Å². The highest BCUT2D eigenvalue weighted by Gasteiger charge is 2.45. The maximum Gasteiger partial charge on any atom is 0.413 e. The molecule has 5 rings (SSSR count). The molecule has 10 nitrogen and oxygen atoms in total. The fourth-order valence-corrected chi connectivity index (χ4v) is 3.46. The molecule has 2 aliphatic heterocycles. The van der Waals surface area contributed by atoms with Crippen molar-refractivity contribution in [2.24, 2.45) is 12.8 Å². The van der Waals surface area contributed by atoms with Crippen LogP contribution < -0.4 is 10.5 Å². The summed E-state index contributed by atoms with van der Waals surface area (Å²) >= 11 is 0. The second-order valence-electron chi connectivity index (χ2n) is 6.77. The van der Waals surface area contributed by atoms with Crippen molar-refractivity contribution in [1.82, 2.24) is 30.1 Å². The van der Waals surface area contributed by atoms with Gasteiger partial charge < -0.3 is 15.2 Å². The van der Waals surface area contributed by atoms with Crippen LogP contribution in [0.1, 0.15) is 5.56 Å². The van der Waals surface area contributed by atoms with Crippen LogP contribution in [-0.2, 0) is 18.3 Å². The zero-order valence-corrected chi connectivity index (χ0v) is 15.3. The number of benzene rings is 1. The first kappa shape index (κ1) is 17.5. The smallest absolute Gasteiger partial charge is 0.413 e. The molecule has 2 atom stereocenters. The number of hydrogen-bond acceptors (Lipinski definition) is 8. The third-order valence-electron chi connectivity index (χ3n) is 4.89. The van der Waals surface area contributed by atoms with Crippen molar-refractivity contribution in [2.75, 3.05) is 6.54 Å². The standard InChI is InChI=1S/C18H16FN7O3/c1-25-23-16(22-24-25)13-3-2-9(7-21-13)11-4-10-8-26-17(15(6-20)29-18(26)27)28-14(10)5-12(11)19/h2-5,7,15,17H,6,8,20H2,1H3/t15-,17-/m0/s1. The van der Waals surface area contributed by atoms with Gasteiger partial charge in [-0.05, 0) is 17.3 Å². The molecule has 1 fully saturated rings. The number of cyclic esters (lactones) is 1. The van der Waals surface area contributed by atoms with Gasteiger partial charge in [-0.15, -0.1) is 10.2 Å². The van der Waals surface area contributed by atoms with E-state index in [0.29, 0.717) is 34.0 Å². The summed E-state index contributed by atoms with van der Waals surface area (Å²) in [6.07, 6.45) is -0.183. The van der Waals surface area contributed by atoms with Crippen LogP contribution in [0.4, 0.5) is 9.18 Å². The molecule has 29 heavy (non-hydrogen) atoms. The Morgan fingerprint density at radius 1 is 1.31 bits per heavy atom. The number of pyridine rings is 1. The highest BCUT2D eigenvalue weighted by Crippen LogP contribution is 2.37. The van der Waals surface area contributed by atoms with E-state index in [4.69, 9.17) is 15.2 Å². The lowest BCUT2D eigenvalue weighted by Crippen LogP contribution is -2.46. The van der Waals surface area contributed by atoms with E-state index in [1.165, 1.54) is 22.0 Å². The van der Waals surface area contributed by atoms with Crippen LogP contribution in [0.15, 0.2) is 30.5 Å². The van der Waals surface area contributed by atoms with Gasteiger partial charge in [-0.25, -0.2) is 9.18 Å². The SMILES string of the molecule is Cn1nnc(-c2ccc(-c3cc4c(cc3F)O[C@H]3[C@H](CN)OC(=O)N3C4)cn2)n1. The fourth-order valence-electron chi connectivity index (χ4n) is 3.46. The van der Waals surface area contributed by atoms with Gasteiger partial charge in [-0.2, -0.15) is 4.80 Å². The molecule has 4 heterocycles. The topological polar surface area (TPSA) is 121 Å². The first-order valence-corrected chi connectivity index (χ1v) is 8.90. The summed E-state index contributed by atoms with van der Waals surface area (Å²) in [4.78, 5) is 19.1. The van der Waals surface area contributed by atoms with Gasteiger partial charge in [0, 0.05) is 35.5 Å². The Kier molecular flexibility index (Phi) is 3.91. The molecule has 2 aromatic heterocycles. The number of rotatable bonds is 3. The van der Waals surface area contributed by atoms with Gasteiger partial charge in [-0.3, -0.25) is 9.88 Å². The van der Waals surface area contributed by atoms with E-state index in [0.717, 1.165) is 0 Å². The lowest BCUT2D eigenvalue weighted by atomic mass is 10.0. The molecule has 1 aromatic carbocycles. The molecule has 1 amide bonds. The number of ether oxygens (including phenoxy) is 2. The summed E-state index contributed by atoms with van der Waals surface area (Å²) in [6, 6.07) is 6.39. The van der Waals surface area contributed by atoms with Gasteiger partial charge in [0.05, 0.1) is 13.6 Å². The third-order valence-corrected chi connectivity index (χ3v) is 4.89. The van der Waals surface area contributed by atoms with E-state index in [1.807, 2.05) is 0 Å². The molecule has 2 N–H and O–H groups in total. The number of carbonyl (C=O) groups is 1. The number of aryl methyl sites for hydroxylation is 1. The molecule has 0 unspecified atom stereocenters. The second kappa shape index (κ2) is 6.48. The van der Waals surface area contributed by atoms with Gasteiger partial charge in [-0.1, -0.05) is 6.07 Å². The summed E-state index contributed by atoms with van der Waals surface area (Å²) in [6.45, 7) is 0.374. The average Bonchev–Trinajstić information content (AvgIpc) is 3.29. The van der Waals surface area contributed by atoms with Crippen LogP contribution in [0.25, 0.3) is 22.6 Å². The normalized spacial score (nSPS) is 20.1. The number of hydrogen-bond donors (Lipinski definition) is 1. The molecule has 11 heteroatoms. The minimum atomic E-state index is -0.648. The molecular formula is C18H16FN7O3. The van der Waals surface area contributed by atoms with Crippen molar-refractivity contribution in [3.05, 3.63) is 41.8 Å². The molecule has 2 aliphatic rings. The second-order valence-corrected chi connectivity index (χ2v) is 6.77. The molecule has 3 aromatic rings. The molecule has 0 bridgehead atoms. The van der Waals surface area contributed by atoms with Gasteiger partial charge in [0.15, 0.2) is 6.10 Å². The third kappa shape index (κ3) is 2.86. The first-order chi connectivity index (χ1) is 14.0. The largest absolute Gasteiger partial charge is 0.466 e. The molecule has 148 valence electrons. The van der Waals surface area contributed by atoms with Gasteiger partial charge in [0.2, 0.25) is 12.1 Å². The molecule has 0 spiro atoms. The Labute approximate surface area is 164 Å². The number of aromatic nitrogens is 5. The Bertz CT molecular complexity index is 1100.